The van der Waals surface area contributed by atoms with Crippen molar-refractivity contribution in [3.63, 3.8) is 0 Å². The van der Waals surface area contributed by atoms with Crippen LogP contribution in [0.4, 0.5) is 0 Å². The summed E-state index contributed by atoms with van der Waals surface area (Å²) in [5, 5.41) is 9.02. The predicted octanol–water partition coefficient (Wildman–Crippen LogP) is 2.03. The Balaban J connectivity index is 2.96. The van der Waals surface area contributed by atoms with E-state index in [-0.39, 0.29) is 13.2 Å². The molecule has 0 atom stereocenters. The third kappa shape index (κ3) is 4.30. The second-order valence-corrected chi connectivity index (χ2v) is 6.42. The molecule has 0 fully saturated rings. The minimum atomic E-state index is -3.49. The molecular weight excluding hydrogens is 262 g/mol. The molecule has 108 valence electrons. The fraction of sp³-hybridized carbons (Fsp3) is 0.571. The van der Waals surface area contributed by atoms with E-state index >= 15 is 0 Å². The van der Waals surface area contributed by atoms with Crippen molar-refractivity contribution in [1.82, 2.24) is 4.31 Å². The van der Waals surface area contributed by atoms with Gasteiger partial charge in [0.1, 0.15) is 0 Å². The summed E-state index contributed by atoms with van der Waals surface area (Å²) in [6, 6.07) is 6.96. The van der Waals surface area contributed by atoms with Crippen LogP contribution in [-0.2, 0) is 16.4 Å². The SMILES string of the molecule is CCCCN(CCO)S(=O)(=O)c1ccc(CC)cc1. The molecule has 0 heterocycles. The lowest BCUT2D eigenvalue weighted by molar-refractivity contribution is 0.252. The molecule has 0 aliphatic heterocycles. The van der Waals surface area contributed by atoms with Crippen LogP contribution in [0.2, 0.25) is 0 Å². The maximum atomic E-state index is 12.4. The molecule has 0 unspecified atom stereocenters. The minimum absolute atomic E-state index is 0.151. The van der Waals surface area contributed by atoms with E-state index in [1.54, 1.807) is 12.1 Å². The molecule has 1 aromatic carbocycles. The van der Waals surface area contributed by atoms with Gasteiger partial charge in [0.25, 0.3) is 0 Å². The van der Waals surface area contributed by atoms with Crippen LogP contribution in [0.3, 0.4) is 0 Å². The number of aliphatic hydroxyl groups is 1. The summed E-state index contributed by atoms with van der Waals surface area (Å²) in [7, 11) is -3.49. The second-order valence-electron chi connectivity index (χ2n) is 4.48. The Bertz CT molecular complexity index is 468. The Morgan fingerprint density at radius 1 is 1.11 bits per heavy atom. The van der Waals surface area contributed by atoms with Gasteiger partial charge >= 0.3 is 0 Å². The lowest BCUT2D eigenvalue weighted by Gasteiger charge is -2.21. The Morgan fingerprint density at radius 3 is 2.21 bits per heavy atom. The Kier molecular flexibility index (Phi) is 6.48. The van der Waals surface area contributed by atoms with E-state index in [2.05, 4.69) is 0 Å². The standard InChI is InChI=1S/C14H23NO3S/c1-3-5-10-15(11-12-16)19(17,18)14-8-6-13(4-2)7-9-14/h6-9,16H,3-5,10-12H2,1-2H3. The van der Waals surface area contributed by atoms with Crippen LogP contribution in [0.15, 0.2) is 29.2 Å². The van der Waals surface area contributed by atoms with Crippen molar-refractivity contribution < 1.29 is 13.5 Å². The van der Waals surface area contributed by atoms with Crippen LogP contribution in [0.25, 0.3) is 0 Å². The molecule has 1 rings (SSSR count). The zero-order valence-electron chi connectivity index (χ0n) is 11.7. The Labute approximate surface area is 116 Å². The zero-order chi connectivity index (χ0) is 14.3. The number of rotatable bonds is 8. The van der Waals surface area contributed by atoms with E-state index in [0.717, 1.165) is 24.8 Å². The van der Waals surface area contributed by atoms with Gasteiger partial charge in [0.15, 0.2) is 0 Å². The molecule has 1 N–H and O–H groups in total. The fourth-order valence-corrected chi connectivity index (χ4v) is 3.31. The average Bonchev–Trinajstić information content (AvgIpc) is 2.43. The third-order valence-electron chi connectivity index (χ3n) is 3.08. The van der Waals surface area contributed by atoms with Crippen molar-refractivity contribution in [3.05, 3.63) is 29.8 Å². The van der Waals surface area contributed by atoms with Crippen LogP contribution >= 0.6 is 0 Å². The second kappa shape index (κ2) is 7.62. The maximum absolute atomic E-state index is 12.4. The number of sulfonamides is 1. The molecule has 4 nitrogen and oxygen atoms in total. The van der Waals surface area contributed by atoms with Gasteiger partial charge in [0.2, 0.25) is 10.0 Å². The van der Waals surface area contributed by atoms with Crippen molar-refractivity contribution in [2.75, 3.05) is 19.7 Å². The van der Waals surface area contributed by atoms with Crippen molar-refractivity contribution in [2.45, 2.75) is 38.0 Å². The first-order valence-electron chi connectivity index (χ1n) is 6.76. The van der Waals surface area contributed by atoms with E-state index in [1.165, 1.54) is 4.31 Å². The number of unbranched alkanes of at least 4 members (excludes halogenated alkanes) is 1. The van der Waals surface area contributed by atoms with Crippen molar-refractivity contribution >= 4 is 10.0 Å². The van der Waals surface area contributed by atoms with Gasteiger partial charge in [0, 0.05) is 13.1 Å². The van der Waals surface area contributed by atoms with Gasteiger partial charge in [0.05, 0.1) is 11.5 Å². The molecule has 5 heteroatoms. The van der Waals surface area contributed by atoms with Crippen LogP contribution in [0.1, 0.15) is 32.3 Å². The van der Waals surface area contributed by atoms with Crippen molar-refractivity contribution in [1.29, 1.82) is 0 Å². The summed E-state index contributed by atoms with van der Waals surface area (Å²) in [5.74, 6) is 0. The van der Waals surface area contributed by atoms with Crippen molar-refractivity contribution in [3.8, 4) is 0 Å². The largest absolute Gasteiger partial charge is 0.395 e. The van der Waals surface area contributed by atoms with Crippen molar-refractivity contribution in [2.24, 2.45) is 0 Å². The molecule has 0 amide bonds. The highest BCUT2D eigenvalue weighted by atomic mass is 32.2. The zero-order valence-corrected chi connectivity index (χ0v) is 12.5. The van der Waals surface area contributed by atoms with E-state index in [4.69, 9.17) is 5.11 Å². The first-order chi connectivity index (χ1) is 9.06. The van der Waals surface area contributed by atoms with Gasteiger partial charge < -0.3 is 5.11 Å². The highest BCUT2D eigenvalue weighted by Crippen LogP contribution is 2.17. The summed E-state index contributed by atoms with van der Waals surface area (Å²) in [6.45, 7) is 4.49. The molecule has 0 saturated carbocycles. The molecule has 0 aliphatic carbocycles. The summed E-state index contributed by atoms with van der Waals surface area (Å²) >= 11 is 0. The lowest BCUT2D eigenvalue weighted by Crippen LogP contribution is -2.34. The summed E-state index contributed by atoms with van der Waals surface area (Å²) < 4.78 is 26.2. The third-order valence-corrected chi connectivity index (χ3v) is 4.99. The van der Waals surface area contributed by atoms with E-state index < -0.39 is 10.0 Å². The molecule has 19 heavy (non-hydrogen) atoms. The van der Waals surface area contributed by atoms with Gasteiger partial charge in [-0.1, -0.05) is 32.4 Å². The first-order valence-corrected chi connectivity index (χ1v) is 8.20. The molecule has 1 aromatic rings. The van der Waals surface area contributed by atoms with Gasteiger partial charge in [-0.05, 0) is 30.5 Å². The molecule has 0 spiro atoms. The number of aliphatic hydroxyl groups excluding tert-OH is 1. The number of benzene rings is 1. The predicted molar refractivity (Wildman–Crippen MR) is 76.6 cm³/mol. The van der Waals surface area contributed by atoms with Gasteiger partial charge in [-0.2, -0.15) is 4.31 Å². The van der Waals surface area contributed by atoms with Gasteiger partial charge in [-0.15, -0.1) is 0 Å². The number of nitrogens with zero attached hydrogens (tertiary/aromatic N) is 1. The first kappa shape index (κ1) is 16.1. The normalized spacial score (nSPS) is 12.0. The number of aryl methyl sites for hydroxylation is 1. The van der Waals surface area contributed by atoms with E-state index in [1.807, 2.05) is 26.0 Å². The van der Waals surface area contributed by atoms with Gasteiger partial charge in [-0.25, -0.2) is 8.42 Å². The average molecular weight is 285 g/mol. The highest BCUT2D eigenvalue weighted by molar-refractivity contribution is 7.89. The van der Waals surface area contributed by atoms with Crippen LogP contribution in [0, 0.1) is 0 Å². The molecular formula is C14H23NO3S. The number of hydrogen-bond acceptors (Lipinski definition) is 3. The molecule has 0 radical (unpaired) electrons. The smallest absolute Gasteiger partial charge is 0.243 e. The molecule has 0 bridgehead atoms. The van der Waals surface area contributed by atoms with Crippen LogP contribution in [0.5, 0.6) is 0 Å². The summed E-state index contributed by atoms with van der Waals surface area (Å²) in [4.78, 5) is 0.300. The van der Waals surface area contributed by atoms with E-state index in [0.29, 0.717) is 11.4 Å². The van der Waals surface area contributed by atoms with Crippen LogP contribution in [-0.4, -0.2) is 37.5 Å². The van der Waals surface area contributed by atoms with Crippen LogP contribution < -0.4 is 0 Å². The monoisotopic (exact) mass is 285 g/mol. The lowest BCUT2D eigenvalue weighted by atomic mass is 10.2. The quantitative estimate of drug-likeness (QED) is 0.795. The molecule has 0 aliphatic rings. The minimum Gasteiger partial charge on any atom is -0.395 e. The molecule has 0 saturated heterocycles. The van der Waals surface area contributed by atoms with E-state index in [9.17, 15) is 8.42 Å². The maximum Gasteiger partial charge on any atom is 0.243 e. The fourth-order valence-electron chi connectivity index (χ4n) is 1.84. The molecule has 0 aromatic heterocycles. The summed E-state index contributed by atoms with van der Waals surface area (Å²) in [5.41, 5.74) is 1.11. The Hall–Kier alpha value is -0.910. The highest BCUT2D eigenvalue weighted by Gasteiger charge is 2.23. The topological polar surface area (TPSA) is 57.6 Å². The Morgan fingerprint density at radius 2 is 1.74 bits per heavy atom. The number of hydrogen-bond donors (Lipinski definition) is 1. The summed E-state index contributed by atoms with van der Waals surface area (Å²) in [6.07, 6.45) is 2.61. The van der Waals surface area contributed by atoms with Gasteiger partial charge in [-0.3, -0.25) is 0 Å².